The lowest BCUT2D eigenvalue weighted by Crippen LogP contribution is -2.33. The molecule has 7 heteroatoms. The number of amides is 1. The van der Waals surface area contributed by atoms with Crippen LogP contribution in [0.25, 0.3) is 11.6 Å². The van der Waals surface area contributed by atoms with Gasteiger partial charge < -0.3 is 9.32 Å². The predicted molar refractivity (Wildman–Crippen MR) is 98.6 cm³/mol. The van der Waals surface area contributed by atoms with Gasteiger partial charge in [-0.2, -0.15) is 0 Å². The highest BCUT2D eigenvalue weighted by atomic mass is 32.2. The van der Waals surface area contributed by atoms with Gasteiger partial charge in [0.25, 0.3) is 0 Å². The second-order valence-corrected chi connectivity index (χ2v) is 6.83. The summed E-state index contributed by atoms with van der Waals surface area (Å²) in [5.74, 6) is 1.36. The smallest absolute Gasteiger partial charge is 0.240 e. The van der Waals surface area contributed by atoms with Gasteiger partial charge in [-0.25, -0.2) is 0 Å². The Morgan fingerprint density at radius 2 is 2.00 bits per heavy atom. The second kappa shape index (κ2) is 7.57. The van der Waals surface area contributed by atoms with Crippen LogP contribution in [0.5, 0.6) is 0 Å². The first-order chi connectivity index (χ1) is 12.1. The average Bonchev–Trinajstić information content (AvgIpc) is 3.30. The molecule has 3 rings (SSSR count). The fraction of sp³-hybridized carbons (Fsp3) is 0.278. The maximum absolute atomic E-state index is 12.7. The van der Waals surface area contributed by atoms with Gasteiger partial charge in [-0.3, -0.25) is 9.36 Å². The van der Waals surface area contributed by atoms with E-state index in [1.165, 1.54) is 11.8 Å². The van der Waals surface area contributed by atoms with Crippen molar-refractivity contribution in [3.05, 3.63) is 48.7 Å². The van der Waals surface area contributed by atoms with Crippen LogP contribution in [0.1, 0.15) is 13.8 Å². The Bertz CT molecular complexity index is 830. The Hall–Kier alpha value is -2.54. The van der Waals surface area contributed by atoms with E-state index < -0.39 is 0 Å². The molecule has 3 aromatic rings. The summed E-state index contributed by atoms with van der Waals surface area (Å²) in [7, 11) is 1.79. The molecule has 2 heterocycles. The Kier molecular flexibility index (Phi) is 5.23. The number of furan rings is 1. The summed E-state index contributed by atoms with van der Waals surface area (Å²) in [6.07, 6.45) is 1.61. The van der Waals surface area contributed by atoms with Crippen LogP contribution in [0.3, 0.4) is 0 Å². The number of carbonyl (C=O) groups is 1. The number of aromatic nitrogens is 3. The lowest BCUT2D eigenvalue weighted by molar-refractivity contribution is -0.117. The van der Waals surface area contributed by atoms with Crippen LogP contribution in [-0.4, -0.2) is 33.0 Å². The maximum atomic E-state index is 12.7. The van der Waals surface area contributed by atoms with Crippen LogP contribution in [0.4, 0.5) is 5.69 Å². The Morgan fingerprint density at radius 3 is 2.64 bits per heavy atom. The van der Waals surface area contributed by atoms with E-state index in [1.54, 1.807) is 18.2 Å². The van der Waals surface area contributed by atoms with Crippen molar-refractivity contribution in [3.8, 4) is 11.6 Å². The molecule has 0 saturated heterocycles. The van der Waals surface area contributed by atoms with Gasteiger partial charge in [-0.1, -0.05) is 30.0 Å². The normalized spacial score (nSPS) is 12.1. The molecule has 0 spiro atoms. The van der Waals surface area contributed by atoms with Crippen LogP contribution in [0.2, 0.25) is 0 Å². The fourth-order valence-corrected chi connectivity index (χ4v) is 3.52. The number of hydrogen-bond acceptors (Lipinski definition) is 5. The molecule has 0 radical (unpaired) electrons. The third kappa shape index (κ3) is 3.61. The van der Waals surface area contributed by atoms with Gasteiger partial charge >= 0.3 is 0 Å². The van der Waals surface area contributed by atoms with Crippen molar-refractivity contribution in [2.24, 2.45) is 0 Å². The lowest BCUT2D eigenvalue weighted by Gasteiger charge is -2.21. The number of benzene rings is 1. The maximum Gasteiger partial charge on any atom is 0.240 e. The van der Waals surface area contributed by atoms with Gasteiger partial charge in [0.1, 0.15) is 0 Å². The van der Waals surface area contributed by atoms with Crippen LogP contribution in [0, 0.1) is 0 Å². The summed E-state index contributed by atoms with van der Waals surface area (Å²) in [5, 5.41) is 8.88. The van der Waals surface area contributed by atoms with E-state index in [9.17, 15) is 4.79 Å². The molecule has 2 aromatic heterocycles. The van der Waals surface area contributed by atoms with Crippen LogP contribution >= 0.6 is 11.8 Å². The fourth-order valence-electron chi connectivity index (χ4n) is 2.51. The van der Waals surface area contributed by atoms with Crippen LogP contribution < -0.4 is 4.90 Å². The Balaban J connectivity index is 1.77. The second-order valence-electron chi connectivity index (χ2n) is 5.52. The summed E-state index contributed by atoms with van der Waals surface area (Å²) in [6.45, 7) is 4.59. The minimum atomic E-state index is -0.288. The Labute approximate surface area is 150 Å². The van der Waals surface area contributed by atoms with Gasteiger partial charge in [0.2, 0.25) is 5.91 Å². The molecule has 0 bridgehead atoms. The van der Waals surface area contributed by atoms with E-state index >= 15 is 0 Å². The van der Waals surface area contributed by atoms with Crippen LogP contribution in [-0.2, 0) is 11.3 Å². The molecule has 6 nitrogen and oxygen atoms in total. The monoisotopic (exact) mass is 356 g/mol. The summed E-state index contributed by atoms with van der Waals surface area (Å²) in [5.41, 5.74) is 0.869. The van der Waals surface area contributed by atoms with E-state index in [0.717, 1.165) is 5.69 Å². The average molecular weight is 356 g/mol. The van der Waals surface area contributed by atoms with Gasteiger partial charge in [0.15, 0.2) is 16.7 Å². The largest absolute Gasteiger partial charge is 0.461 e. The highest BCUT2D eigenvalue weighted by molar-refractivity contribution is 8.00. The zero-order chi connectivity index (χ0) is 17.8. The highest BCUT2D eigenvalue weighted by Gasteiger charge is 2.23. The van der Waals surface area contributed by atoms with Gasteiger partial charge in [0, 0.05) is 19.3 Å². The van der Waals surface area contributed by atoms with Crippen molar-refractivity contribution in [2.75, 3.05) is 11.9 Å². The topological polar surface area (TPSA) is 64.2 Å². The first-order valence-electron chi connectivity index (χ1n) is 8.08. The highest BCUT2D eigenvalue weighted by Crippen LogP contribution is 2.28. The number of nitrogens with zero attached hydrogens (tertiary/aromatic N) is 4. The van der Waals surface area contributed by atoms with Crippen molar-refractivity contribution in [1.29, 1.82) is 0 Å². The first-order valence-corrected chi connectivity index (χ1v) is 8.96. The standard InChI is InChI=1S/C18H20N4O2S/c1-4-22-16(15-11-8-12-24-15)19-20-18(22)25-13(2)17(23)21(3)14-9-6-5-7-10-14/h5-13H,4H2,1-3H3. The molecule has 0 aliphatic heterocycles. The number of carbonyl (C=O) groups excluding carboxylic acids is 1. The molecule has 1 unspecified atom stereocenters. The number of thioether (sulfide) groups is 1. The molecule has 1 aromatic carbocycles. The summed E-state index contributed by atoms with van der Waals surface area (Å²) in [6, 6.07) is 13.3. The molecule has 1 amide bonds. The lowest BCUT2D eigenvalue weighted by atomic mass is 10.3. The van der Waals surface area contributed by atoms with E-state index in [1.807, 2.05) is 60.9 Å². The minimum Gasteiger partial charge on any atom is -0.461 e. The molecule has 130 valence electrons. The van der Waals surface area contributed by atoms with Gasteiger partial charge in [-0.15, -0.1) is 10.2 Å². The number of hydrogen-bond donors (Lipinski definition) is 0. The van der Waals surface area contributed by atoms with E-state index in [2.05, 4.69) is 10.2 Å². The molecule has 0 aliphatic carbocycles. The third-order valence-electron chi connectivity index (χ3n) is 3.88. The zero-order valence-electron chi connectivity index (χ0n) is 14.4. The van der Waals surface area contributed by atoms with Crippen molar-refractivity contribution in [1.82, 2.24) is 14.8 Å². The molecule has 0 aliphatic rings. The molecule has 0 fully saturated rings. The minimum absolute atomic E-state index is 0.0152. The van der Waals surface area contributed by atoms with E-state index in [-0.39, 0.29) is 11.2 Å². The summed E-state index contributed by atoms with van der Waals surface area (Å²) >= 11 is 1.40. The Morgan fingerprint density at radius 1 is 1.24 bits per heavy atom. The summed E-state index contributed by atoms with van der Waals surface area (Å²) < 4.78 is 7.37. The number of rotatable bonds is 6. The van der Waals surface area contributed by atoms with Gasteiger partial charge in [0.05, 0.1) is 11.5 Å². The van der Waals surface area contributed by atoms with Gasteiger partial charge in [-0.05, 0) is 38.1 Å². The molecule has 25 heavy (non-hydrogen) atoms. The zero-order valence-corrected chi connectivity index (χ0v) is 15.2. The summed E-state index contributed by atoms with van der Waals surface area (Å²) in [4.78, 5) is 14.4. The molecule has 1 atom stereocenters. The van der Waals surface area contributed by atoms with Crippen molar-refractivity contribution >= 4 is 23.4 Å². The SMILES string of the molecule is CCn1c(SC(C)C(=O)N(C)c2ccccc2)nnc1-c1ccco1. The van der Waals surface area contributed by atoms with Crippen LogP contribution in [0.15, 0.2) is 58.3 Å². The molecule has 0 saturated carbocycles. The van der Waals surface area contributed by atoms with Crippen molar-refractivity contribution in [3.63, 3.8) is 0 Å². The van der Waals surface area contributed by atoms with Crippen molar-refractivity contribution in [2.45, 2.75) is 30.8 Å². The predicted octanol–water partition coefficient (Wildman–Crippen LogP) is 3.70. The number of anilines is 1. The van der Waals surface area contributed by atoms with E-state index in [4.69, 9.17) is 4.42 Å². The molecular formula is C18H20N4O2S. The number of para-hydroxylation sites is 1. The molecule has 0 N–H and O–H groups in total. The van der Waals surface area contributed by atoms with E-state index in [0.29, 0.717) is 23.3 Å². The first kappa shape index (κ1) is 17.3. The molecular weight excluding hydrogens is 336 g/mol. The van der Waals surface area contributed by atoms with Crippen molar-refractivity contribution < 1.29 is 9.21 Å². The third-order valence-corrected chi connectivity index (χ3v) is 4.95. The quantitative estimate of drug-likeness (QED) is 0.630.